The van der Waals surface area contributed by atoms with Crippen LogP contribution in [0.3, 0.4) is 0 Å². The maximum atomic E-state index is 8.70. The van der Waals surface area contributed by atoms with E-state index in [-0.39, 0.29) is 0 Å². The smallest absolute Gasteiger partial charge is 0.0431 e. The van der Waals surface area contributed by atoms with Crippen LogP contribution in [0.15, 0.2) is 0 Å². The molecule has 3 unspecified atom stereocenters. The number of aliphatic hydroxyl groups is 1. The molecular formula is C14H30N2O. The molecule has 0 radical (unpaired) electrons. The van der Waals surface area contributed by atoms with Crippen LogP contribution in [0.25, 0.3) is 0 Å². The highest BCUT2D eigenvalue weighted by Crippen LogP contribution is 2.20. The Balaban J connectivity index is 2.10. The Hall–Kier alpha value is -0.120. The second kappa shape index (κ2) is 8.06. The van der Waals surface area contributed by atoms with Crippen molar-refractivity contribution in [3.8, 4) is 0 Å². The van der Waals surface area contributed by atoms with Crippen LogP contribution in [-0.2, 0) is 0 Å². The molecular weight excluding hydrogens is 212 g/mol. The Morgan fingerprint density at radius 1 is 1.18 bits per heavy atom. The van der Waals surface area contributed by atoms with Gasteiger partial charge in [-0.3, -0.25) is 0 Å². The van der Waals surface area contributed by atoms with E-state index in [2.05, 4.69) is 31.1 Å². The Labute approximate surface area is 107 Å². The van der Waals surface area contributed by atoms with Gasteiger partial charge in [0.2, 0.25) is 0 Å². The molecule has 0 aromatic carbocycles. The molecule has 17 heavy (non-hydrogen) atoms. The van der Waals surface area contributed by atoms with Crippen LogP contribution in [0.5, 0.6) is 0 Å². The van der Waals surface area contributed by atoms with Gasteiger partial charge in [-0.15, -0.1) is 0 Å². The summed E-state index contributed by atoms with van der Waals surface area (Å²) in [4.78, 5) is 2.46. The van der Waals surface area contributed by atoms with E-state index in [1.54, 1.807) is 0 Å². The number of unbranched alkanes of at least 4 members (excludes halogenated alkanes) is 3. The molecule has 0 amide bonds. The molecule has 102 valence electrons. The lowest BCUT2D eigenvalue weighted by Gasteiger charge is -2.40. The van der Waals surface area contributed by atoms with Gasteiger partial charge in [0.05, 0.1) is 0 Å². The minimum absolute atomic E-state index is 0.344. The van der Waals surface area contributed by atoms with Crippen molar-refractivity contribution in [2.24, 2.45) is 5.92 Å². The molecule has 0 saturated carbocycles. The van der Waals surface area contributed by atoms with E-state index in [0.717, 1.165) is 25.3 Å². The SMILES string of the molecule is CC1CN(C)C(C)CC1NCCCCCCO. The topological polar surface area (TPSA) is 35.5 Å². The summed E-state index contributed by atoms with van der Waals surface area (Å²) < 4.78 is 0. The molecule has 3 nitrogen and oxygen atoms in total. The van der Waals surface area contributed by atoms with Crippen molar-refractivity contribution in [3.05, 3.63) is 0 Å². The lowest BCUT2D eigenvalue weighted by Crippen LogP contribution is -2.51. The Morgan fingerprint density at radius 2 is 1.88 bits per heavy atom. The second-order valence-electron chi connectivity index (χ2n) is 5.70. The summed E-state index contributed by atoms with van der Waals surface area (Å²) >= 11 is 0. The van der Waals surface area contributed by atoms with Crippen LogP contribution >= 0.6 is 0 Å². The zero-order valence-electron chi connectivity index (χ0n) is 11.8. The molecule has 3 heteroatoms. The first-order chi connectivity index (χ1) is 8.15. The highest BCUT2D eigenvalue weighted by atomic mass is 16.2. The maximum absolute atomic E-state index is 8.70. The highest BCUT2D eigenvalue weighted by molar-refractivity contribution is 4.85. The van der Waals surface area contributed by atoms with Gasteiger partial charge < -0.3 is 15.3 Å². The zero-order valence-corrected chi connectivity index (χ0v) is 11.8. The molecule has 0 spiro atoms. The summed E-state index contributed by atoms with van der Waals surface area (Å²) in [7, 11) is 2.23. The molecule has 1 heterocycles. The van der Waals surface area contributed by atoms with Crippen LogP contribution in [0.2, 0.25) is 0 Å². The largest absolute Gasteiger partial charge is 0.396 e. The van der Waals surface area contributed by atoms with Crippen LogP contribution < -0.4 is 5.32 Å². The number of aliphatic hydroxyl groups excluding tert-OH is 1. The lowest BCUT2D eigenvalue weighted by atomic mass is 9.90. The van der Waals surface area contributed by atoms with Gasteiger partial charge in [0, 0.05) is 25.2 Å². The third kappa shape index (κ3) is 5.36. The Kier molecular flexibility index (Phi) is 7.09. The van der Waals surface area contributed by atoms with Gasteiger partial charge in [-0.05, 0) is 45.7 Å². The molecule has 0 aromatic heterocycles. The standard InChI is InChI=1S/C14H30N2O/c1-12-11-16(3)13(2)10-14(12)15-8-6-4-5-7-9-17/h12-15,17H,4-11H2,1-3H3. The van der Waals surface area contributed by atoms with Gasteiger partial charge in [0.15, 0.2) is 0 Å². The van der Waals surface area contributed by atoms with E-state index in [1.807, 2.05) is 0 Å². The normalized spacial score (nSPS) is 30.7. The van der Waals surface area contributed by atoms with Gasteiger partial charge in [-0.2, -0.15) is 0 Å². The second-order valence-corrected chi connectivity index (χ2v) is 5.70. The summed E-state index contributed by atoms with van der Waals surface area (Å²) in [5.74, 6) is 0.758. The predicted octanol–water partition coefficient (Wildman–Crippen LogP) is 1.86. The molecule has 1 aliphatic heterocycles. The minimum atomic E-state index is 0.344. The Bertz CT molecular complexity index is 199. The van der Waals surface area contributed by atoms with Crippen molar-refractivity contribution in [2.45, 2.75) is 58.0 Å². The summed E-state index contributed by atoms with van der Waals surface area (Å²) in [6.07, 6.45) is 5.88. The number of piperidine rings is 1. The van der Waals surface area contributed by atoms with E-state index in [4.69, 9.17) is 5.11 Å². The third-order valence-electron chi connectivity index (χ3n) is 4.10. The van der Waals surface area contributed by atoms with Crippen molar-refractivity contribution in [1.82, 2.24) is 10.2 Å². The fourth-order valence-electron chi connectivity index (χ4n) is 2.70. The third-order valence-corrected chi connectivity index (χ3v) is 4.10. The van der Waals surface area contributed by atoms with Crippen molar-refractivity contribution >= 4 is 0 Å². The van der Waals surface area contributed by atoms with E-state index in [0.29, 0.717) is 18.7 Å². The molecule has 0 bridgehead atoms. The van der Waals surface area contributed by atoms with E-state index in [1.165, 1.54) is 25.8 Å². The molecule has 0 aliphatic carbocycles. The first-order valence-corrected chi connectivity index (χ1v) is 7.19. The number of hydrogen-bond acceptors (Lipinski definition) is 3. The van der Waals surface area contributed by atoms with Gasteiger partial charge in [-0.25, -0.2) is 0 Å². The van der Waals surface area contributed by atoms with Crippen LogP contribution in [0, 0.1) is 5.92 Å². The van der Waals surface area contributed by atoms with Gasteiger partial charge in [0.1, 0.15) is 0 Å². The molecule has 1 rings (SSSR count). The van der Waals surface area contributed by atoms with Gasteiger partial charge >= 0.3 is 0 Å². The summed E-state index contributed by atoms with van der Waals surface area (Å²) in [6, 6.07) is 1.40. The average molecular weight is 242 g/mol. The van der Waals surface area contributed by atoms with E-state index in [9.17, 15) is 0 Å². The first-order valence-electron chi connectivity index (χ1n) is 7.19. The average Bonchev–Trinajstić information content (AvgIpc) is 2.30. The molecule has 1 saturated heterocycles. The van der Waals surface area contributed by atoms with Crippen molar-refractivity contribution in [3.63, 3.8) is 0 Å². The van der Waals surface area contributed by atoms with Gasteiger partial charge in [0.25, 0.3) is 0 Å². The van der Waals surface area contributed by atoms with Gasteiger partial charge in [-0.1, -0.05) is 19.8 Å². The van der Waals surface area contributed by atoms with Crippen LogP contribution in [0.4, 0.5) is 0 Å². The van der Waals surface area contributed by atoms with Crippen molar-refractivity contribution in [2.75, 3.05) is 26.7 Å². The zero-order chi connectivity index (χ0) is 12.7. The number of nitrogens with zero attached hydrogens (tertiary/aromatic N) is 1. The van der Waals surface area contributed by atoms with E-state index < -0.39 is 0 Å². The quantitative estimate of drug-likeness (QED) is 0.669. The van der Waals surface area contributed by atoms with Crippen LogP contribution in [0.1, 0.15) is 46.0 Å². The molecule has 1 aliphatic rings. The predicted molar refractivity (Wildman–Crippen MR) is 73.2 cm³/mol. The lowest BCUT2D eigenvalue weighted by molar-refractivity contribution is 0.121. The summed E-state index contributed by atoms with van der Waals surface area (Å²) in [5, 5.41) is 12.4. The molecule has 1 fully saturated rings. The maximum Gasteiger partial charge on any atom is 0.0431 e. The summed E-state index contributed by atoms with van der Waals surface area (Å²) in [5.41, 5.74) is 0. The van der Waals surface area contributed by atoms with E-state index >= 15 is 0 Å². The fourth-order valence-corrected chi connectivity index (χ4v) is 2.70. The highest BCUT2D eigenvalue weighted by Gasteiger charge is 2.27. The summed E-state index contributed by atoms with van der Waals surface area (Å²) in [6.45, 7) is 7.37. The number of nitrogens with one attached hydrogen (secondary N) is 1. The molecule has 3 atom stereocenters. The number of likely N-dealkylation sites (tertiary alicyclic amines) is 1. The van der Waals surface area contributed by atoms with Crippen molar-refractivity contribution in [1.29, 1.82) is 0 Å². The minimum Gasteiger partial charge on any atom is -0.396 e. The molecule has 0 aromatic rings. The fraction of sp³-hybridized carbons (Fsp3) is 1.00. The van der Waals surface area contributed by atoms with Crippen molar-refractivity contribution < 1.29 is 5.11 Å². The molecule has 2 N–H and O–H groups in total. The first kappa shape index (κ1) is 14.9. The number of hydrogen-bond donors (Lipinski definition) is 2. The van der Waals surface area contributed by atoms with Crippen LogP contribution in [-0.4, -0.2) is 48.8 Å². The monoisotopic (exact) mass is 242 g/mol. The Morgan fingerprint density at radius 3 is 2.59 bits per heavy atom. The number of rotatable bonds is 7.